The number of aryl methyl sites for hydroxylation is 1. The molecule has 0 bridgehead atoms. The number of halogens is 1. The first-order valence-electron chi connectivity index (χ1n) is 7.78. The third-order valence-corrected chi connectivity index (χ3v) is 3.60. The van der Waals surface area contributed by atoms with Gasteiger partial charge in [-0.15, -0.1) is 0 Å². The van der Waals surface area contributed by atoms with Gasteiger partial charge in [0.05, 0.1) is 17.9 Å². The third-order valence-electron chi connectivity index (χ3n) is 3.60. The van der Waals surface area contributed by atoms with Gasteiger partial charge in [-0.05, 0) is 49.4 Å². The van der Waals surface area contributed by atoms with E-state index in [2.05, 4.69) is 20.6 Å². The Kier molecular flexibility index (Phi) is 4.99. The summed E-state index contributed by atoms with van der Waals surface area (Å²) < 4.78 is 13.0. The zero-order chi connectivity index (χ0) is 17.6. The molecule has 2 amide bonds. The van der Waals surface area contributed by atoms with Crippen LogP contribution in [0.25, 0.3) is 11.3 Å². The van der Waals surface area contributed by atoms with Crippen LogP contribution in [0.3, 0.4) is 0 Å². The molecule has 5 nitrogen and oxygen atoms in total. The fraction of sp³-hybridized carbons (Fsp3) is 0.105. The minimum atomic E-state index is -0.314. The summed E-state index contributed by atoms with van der Waals surface area (Å²) in [6.07, 6.45) is 1.42. The number of rotatable bonds is 4. The number of aromatic nitrogens is 2. The lowest BCUT2D eigenvalue weighted by Gasteiger charge is -2.08. The molecule has 0 fully saturated rings. The van der Waals surface area contributed by atoms with Gasteiger partial charge in [0.1, 0.15) is 12.1 Å². The van der Waals surface area contributed by atoms with Crippen LogP contribution in [-0.2, 0) is 6.54 Å². The van der Waals surface area contributed by atoms with E-state index in [0.717, 1.165) is 16.8 Å². The fourth-order valence-electron chi connectivity index (χ4n) is 2.26. The molecule has 2 N–H and O–H groups in total. The van der Waals surface area contributed by atoms with Crippen molar-refractivity contribution in [3.63, 3.8) is 0 Å². The number of carbonyl (C=O) groups excluding carboxylic acids is 1. The second-order valence-corrected chi connectivity index (χ2v) is 5.58. The number of hydrogen-bond acceptors (Lipinski definition) is 3. The molecule has 0 unspecified atom stereocenters. The molecule has 1 aromatic heterocycles. The Bertz CT molecular complexity index is 863. The molecule has 0 aliphatic carbocycles. The minimum absolute atomic E-state index is 0.258. The quantitative estimate of drug-likeness (QED) is 0.759. The summed E-state index contributed by atoms with van der Waals surface area (Å²) in [7, 11) is 0. The molecule has 1 heterocycles. The molecule has 0 aliphatic heterocycles. The van der Waals surface area contributed by atoms with E-state index >= 15 is 0 Å². The molecule has 0 saturated heterocycles. The number of nitrogens with zero attached hydrogens (tertiary/aromatic N) is 2. The van der Waals surface area contributed by atoms with Gasteiger partial charge in [-0.3, -0.25) is 0 Å². The van der Waals surface area contributed by atoms with Gasteiger partial charge >= 0.3 is 6.03 Å². The maximum Gasteiger partial charge on any atom is 0.319 e. The van der Waals surface area contributed by atoms with Crippen molar-refractivity contribution in [3.05, 3.63) is 78.0 Å². The molecule has 3 aromatic rings. The highest BCUT2D eigenvalue weighted by molar-refractivity contribution is 5.89. The molecule has 0 saturated carbocycles. The predicted octanol–water partition coefficient (Wildman–Crippen LogP) is 3.91. The average Bonchev–Trinajstić information content (AvgIpc) is 2.63. The van der Waals surface area contributed by atoms with Crippen molar-refractivity contribution in [1.29, 1.82) is 0 Å². The van der Waals surface area contributed by atoms with Gasteiger partial charge in [-0.25, -0.2) is 19.2 Å². The molecule has 0 radical (unpaired) electrons. The summed E-state index contributed by atoms with van der Waals surface area (Å²) in [4.78, 5) is 20.3. The smallest absolute Gasteiger partial charge is 0.319 e. The molecule has 0 spiro atoms. The average molecular weight is 336 g/mol. The number of nitrogens with one attached hydrogen (secondary N) is 2. The number of amides is 2. The molecule has 0 atom stereocenters. The van der Waals surface area contributed by atoms with E-state index in [1.54, 1.807) is 18.2 Å². The number of urea groups is 1. The van der Waals surface area contributed by atoms with Gasteiger partial charge in [0.2, 0.25) is 0 Å². The Morgan fingerprint density at radius 2 is 1.76 bits per heavy atom. The van der Waals surface area contributed by atoms with Crippen molar-refractivity contribution in [1.82, 2.24) is 15.3 Å². The highest BCUT2D eigenvalue weighted by Crippen LogP contribution is 2.17. The van der Waals surface area contributed by atoms with E-state index in [1.807, 2.05) is 31.2 Å². The van der Waals surface area contributed by atoms with Crippen LogP contribution in [0.5, 0.6) is 0 Å². The van der Waals surface area contributed by atoms with E-state index < -0.39 is 0 Å². The molecule has 3 rings (SSSR count). The highest BCUT2D eigenvalue weighted by atomic mass is 19.1. The summed E-state index contributed by atoms with van der Waals surface area (Å²) in [5.74, 6) is -0.299. The van der Waals surface area contributed by atoms with Crippen LogP contribution in [0.15, 0.2) is 60.9 Å². The molecule has 6 heteroatoms. The largest absolute Gasteiger partial charge is 0.332 e. The maximum atomic E-state index is 13.0. The molecule has 2 aromatic carbocycles. The van der Waals surface area contributed by atoms with E-state index in [4.69, 9.17) is 0 Å². The molecule has 0 aliphatic rings. The van der Waals surface area contributed by atoms with Crippen LogP contribution in [0, 0.1) is 12.7 Å². The Morgan fingerprint density at radius 3 is 2.48 bits per heavy atom. The minimum Gasteiger partial charge on any atom is -0.332 e. The van der Waals surface area contributed by atoms with E-state index in [9.17, 15) is 9.18 Å². The number of hydrogen-bond donors (Lipinski definition) is 2. The first-order chi connectivity index (χ1) is 12.1. The summed E-state index contributed by atoms with van der Waals surface area (Å²) in [5, 5.41) is 5.51. The van der Waals surface area contributed by atoms with Crippen molar-refractivity contribution >= 4 is 11.7 Å². The van der Waals surface area contributed by atoms with Crippen LogP contribution in [-0.4, -0.2) is 16.0 Å². The van der Waals surface area contributed by atoms with Gasteiger partial charge in [-0.1, -0.05) is 17.7 Å². The van der Waals surface area contributed by atoms with E-state index in [0.29, 0.717) is 11.4 Å². The zero-order valence-corrected chi connectivity index (χ0v) is 13.7. The number of anilines is 1. The topological polar surface area (TPSA) is 66.9 Å². The van der Waals surface area contributed by atoms with Gasteiger partial charge in [0.25, 0.3) is 0 Å². The number of carbonyl (C=O) groups is 1. The molecular weight excluding hydrogens is 319 g/mol. The zero-order valence-electron chi connectivity index (χ0n) is 13.7. The Hall–Kier alpha value is -3.28. The Labute approximate surface area is 145 Å². The van der Waals surface area contributed by atoms with Gasteiger partial charge in [0.15, 0.2) is 0 Å². The second kappa shape index (κ2) is 7.53. The van der Waals surface area contributed by atoms with Crippen LogP contribution < -0.4 is 10.6 Å². The summed E-state index contributed by atoms with van der Waals surface area (Å²) in [5.41, 5.74) is 3.96. The lowest BCUT2D eigenvalue weighted by Crippen LogP contribution is -2.28. The van der Waals surface area contributed by atoms with Crippen LogP contribution >= 0.6 is 0 Å². The first kappa shape index (κ1) is 16.6. The monoisotopic (exact) mass is 336 g/mol. The summed E-state index contributed by atoms with van der Waals surface area (Å²) in [6.45, 7) is 2.24. The second-order valence-electron chi connectivity index (χ2n) is 5.58. The number of benzene rings is 2. The lowest BCUT2D eigenvalue weighted by atomic mass is 10.1. The van der Waals surface area contributed by atoms with Crippen LogP contribution in [0.4, 0.5) is 14.9 Å². The normalized spacial score (nSPS) is 10.3. The van der Waals surface area contributed by atoms with Crippen molar-refractivity contribution in [2.75, 3.05) is 5.32 Å². The Morgan fingerprint density at radius 1 is 1.04 bits per heavy atom. The van der Waals surface area contributed by atoms with Gasteiger partial charge in [0, 0.05) is 11.3 Å². The highest BCUT2D eigenvalue weighted by Gasteiger charge is 2.05. The van der Waals surface area contributed by atoms with Gasteiger partial charge in [-0.2, -0.15) is 0 Å². The first-order valence-corrected chi connectivity index (χ1v) is 7.78. The lowest BCUT2D eigenvalue weighted by molar-refractivity contribution is 0.251. The summed E-state index contributed by atoms with van der Waals surface area (Å²) in [6, 6.07) is 15.0. The standard InChI is InChI=1S/C19H17FN4O/c1-13-2-8-16(9-3-13)24-19(25)21-11-17-10-18(23-12-22-17)14-4-6-15(20)7-5-14/h2-10,12H,11H2,1H3,(H2,21,24,25). The third kappa shape index (κ3) is 4.60. The molecular formula is C19H17FN4O. The summed E-state index contributed by atoms with van der Waals surface area (Å²) >= 11 is 0. The van der Waals surface area contributed by atoms with Gasteiger partial charge < -0.3 is 10.6 Å². The van der Waals surface area contributed by atoms with Crippen molar-refractivity contribution in [3.8, 4) is 11.3 Å². The van der Waals surface area contributed by atoms with Crippen LogP contribution in [0.2, 0.25) is 0 Å². The van der Waals surface area contributed by atoms with E-state index in [-0.39, 0.29) is 18.4 Å². The van der Waals surface area contributed by atoms with E-state index in [1.165, 1.54) is 18.5 Å². The maximum absolute atomic E-state index is 13.0. The fourth-order valence-corrected chi connectivity index (χ4v) is 2.26. The van der Waals surface area contributed by atoms with Crippen molar-refractivity contribution in [2.24, 2.45) is 0 Å². The SMILES string of the molecule is Cc1ccc(NC(=O)NCc2cc(-c3ccc(F)cc3)ncn2)cc1. The molecule has 126 valence electrons. The molecule has 25 heavy (non-hydrogen) atoms. The van der Waals surface area contributed by atoms with Crippen molar-refractivity contribution < 1.29 is 9.18 Å². The van der Waals surface area contributed by atoms with Crippen LogP contribution in [0.1, 0.15) is 11.3 Å². The van der Waals surface area contributed by atoms with Crippen molar-refractivity contribution in [2.45, 2.75) is 13.5 Å². The predicted molar refractivity (Wildman–Crippen MR) is 94.5 cm³/mol. The Balaban J connectivity index is 1.61.